The van der Waals surface area contributed by atoms with Gasteiger partial charge in [-0.05, 0) is 39.0 Å². The molecule has 1 heterocycles. The van der Waals surface area contributed by atoms with Crippen molar-refractivity contribution in [2.45, 2.75) is 78.6 Å². The normalized spacial score (nSPS) is 20.2. The first kappa shape index (κ1) is 21.9. The van der Waals surface area contributed by atoms with Crippen LogP contribution in [0, 0.1) is 0 Å². The van der Waals surface area contributed by atoms with E-state index in [0.29, 0.717) is 0 Å². The van der Waals surface area contributed by atoms with E-state index in [4.69, 9.17) is 4.99 Å². The second-order valence-electron chi connectivity index (χ2n) is 7.26. The highest BCUT2D eigenvalue weighted by Gasteiger charge is 2.35. The Morgan fingerprint density at radius 2 is 1.84 bits per heavy atom. The van der Waals surface area contributed by atoms with E-state index in [1.54, 1.807) is 6.92 Å². The van der Waals surface area contributed by atoms with Gasteiger partial charge < -0.3 is 5.32 Å². The molecule has 0 saturated carbocycles. The molecular formula is C21H40N3O+. The third-order valence-electron chi connectivity index (χ3n) is 5.30. The average Bonchev–Trinajstić information content (AvgIpc) is 2.99. The molecule has 0 aromatic heterocycles. The third kappa shape index (κ3) is 8.66. The van der Waals surface area contributed by atoms with Crippen LogP contribution in [0.1, 0.15) is 78.6 Å². The Hall–Kier alpha value is -1.16. The van der Waals surface area contributed by atoms with Crippen LogP contribution in [0.5, 0.6) is 0 Å². The van der Waals surface area contributed by atoms with Crippen LogP contribution in [0.2, 0.25) is 0 Å². The summed E-state index contributed by atoms with van der Waals surface area (Å²) in [6.07, 6.45) is 16.1. The first-order valence-corrected chi connectivity index (χ1v) is 10.4. The summed E-state index contributed by atoms with van der Waals surface area (Å²) in [5, 5.41) is 2.94. The summed E-state index contributed by atoms with van der Waals surface area (Å²) in [6.45, 7) is 11.0. The molecule has 0 radical (unpaired) electrons. The van der Waals surface area contributed by atoms with Crippen molar-refractivity contribution in [1.29, 1.82) is 0 Å². The zero-order valence-electron chi connectivity index (χ0n) is 16.9. The minimum atomic E-state index is 0.0645. The Labute approximate surface area is 155 Å². The molecule has 0 saturated heterocycles. The van der Waals surface area contributed by atoms with Crippen LogP contribution < -0.4 is 5.32 Å². The van der Waals surface area contributed by atoms with E-state index in [9.17, 15) is 4.79 Å². The first-order chi connectivity index (χ1) is 12.1. The summed E-state index contributed by atoms with van der Waals surface area (Å²) < 4.78 is 0.984. The summed E-state index contributed by atoms with van der Waals surface area (Å²) in [4.78, 5) is 15.9. The summed E-state index contributed by atoms with van der Waals surface area (Å²) in [7, 11) is 0. The Bertz CT molecular complexity index is 431. The van der Waals surface area contributed by atoms with Crippen molar-refractivity contribution in [2.75, 3.05) is 32.7 Å². The van der Waals surface area contributed by atoms with Crippen molar-refractivity contribution in [3.05, 3.63) is 12.2 Å². The average molecular weight is 351 g/mol. The minimum Gasteiger partial charge on any atom is -0.351 e. The molecule has 0 fully saturated rings. The summed E-state index contributed by atoms with van der Waals surface area (Å²) in [5.41, 5.74) is 0. The molecule has 144 valence electrons. The second-order valence-corrected chi connectivity index (χ2v) is 7.26. The molecule has 0 aromatic carbocycles. The molecule has 1 amide bonds. The quantitative estimate of drug-likeness (QED) is 0.280. The number of rotatable bonds is 14. The van der Waals surface area contributed by atoms with Crippen LogP contribution in [-0.2, 0) is 4.79 Å². The molecule has 25 heavy (non-hydrogen) atoms. The highest BCUT2D eigenvalue weighted by Crippen LogP contribution is 2.19. The van der Waals surface area contributed by atoms with Gasteiger partial charge in [0, 0.05) is 13.3 Å². The maximum atomic E-state index is 11.1. The number of quaternary nitrogens is 1. The van der Waals surface area contributed by atoms with Gasteiger partial charge in [0.1, 0.15) is 13.1 Å². The SMILES string of the molecule is CCCCC/C=C/CCCCCC1=NCC[N+]1(CC)CCNC(C)=O. The Balaban J connectivity index is 2.20. The third-order valence-corrected chi connectivity index (χ3v) is 5.30. The van der Waals surface area contributed by atoms with E-state index in [2.05, 4.69) is 31.3 Å². The molecule has 1 aliphatic heterocycles. The first-order valence-electron chi connectivity index (χ1n) is 10.4. The van der Waals surface area contributed by atoms with Crippen molar-refractivity contribution in [2.24, 2.45) is 4.99 Å². The summed E-state index contributed by atoms with van der Waals surface area (Å²) in [6, 6.07) is 0. The van der Waals surface area contributed by atoms with Gasteiger partial charge >= 0.3 is 0 Å². The van der Waals surface area contributed by atoms with Gasteiger partial charge in [0.25, 0.3) is 0 Å². The van der Waals surface area contributed by atoms with Crippen LogP contribution in [0.15, 0.2) is 17.1 Å². The fourth-order valence-corrected chi connectivity index (χ4v) is 3.62. The van der Waals surface area contributed by atoms with Gasteiger partial charge in [0.2, 0.25) is 5.91 Å². The van der Waals surface area contributed by atoms with E-state index in [1.807, 2.05) is 0 Å². The van der Waals surface area contributed by atoms with E-state index in [0.717, 1.165) is 43.6 Å². The number of unbranched alkanes of at least 4 members (excludes halogenated alkanes) is 6. The number of nitrogens with one attached hydrogen (secondary N) is 1. The van der Waals surface area contributed by atoms with Crippen LogP contribution in [0.25, 0.3) is 0 Å². The van der Waals surface area contributed by atoms with Crippen molar-refractivity contribution in [1.82, 2.24) is 5.32 Å². The number of amidine groups is 1. The standard InChI is InChI=1S/C21H39N3O/c1-4-6-7-8-9-10-11-12-13-14-15-21-23-17-19-24(21,5-2)18-16-22-20(3)25/h9-10H,4-8,11-19H2,1-3H3/p+1/b10-9+. The number of likely N-dealkylation sites (N-methyl/N-ethyl adjacent to an activating group) is 1. The fourth-order valence-electron chi connectivity index (χ4n) is 3.62. The van der Waals surface area contributed by atoms with Crippen LogP contribution in [0.4, 0.5) is 0 Å². The molecular weight excluding hydrogens is 310 g/mol. The summed E-state index contributed by atoms with van der Waals surface area (Å²) in [5.74, 6) is 1.43. The number of hydrogen-bond acceptors (Lipinski definition) is 2. The van der Waals surface area contributed by atoms with Crippen molar-refractivity contribution in [3.8, 4) is 0 Å². The number of carbonyl (C=O) groups is 1. The van der Waals surface area contributed by atoms with E-state index >= 15 is 0 Å². The molecule has 4 nitrogen and oxygen atoms in total. The lowest BCUT2D eigenvalue weighted by molar-refractivity contribution is -0.833. The molecule has 0 spiro atoms. The second kappa shape index (κ2) is 13.1. The van der Waals surface area contributed by atoms with E-state index in [1.165, 1.54) is 57.2 Å². The lowest BCUT2D eigenvalue weighted by atomic mass is 10.1. The maximum absolute atomic E-state index is 11.1. The largest absolute Gasteiger partial charge is 0.351 e. The number of allylic oxidation sites excluding steroid dienone is 2. The van der Waals surface area contributed by atoms with Gasteiger partial charge in [0.15, 0.2) is 5.84 Å². The molecule has 1 N–H and O–H groups in total. The highest BCUT2D eigenvalue weighted by molar-refractivity contribution is 5.77. The van der Waals surface area contributed by atoms with Crippen LogP contribution in [0.3, 0.4) is 0 Å². The van der Waals surface area contributed by atoms with Crippen LogP contribution >= 0.6 is 0 Å². The van der Waals surface area contributed by atoms with Gasteiger partial charge in [-0.3, -0.25) is 9.28 Å². The van der Waals surface area contributed by atoms with Crippen molar-refractivity contribution in [3.63, 3.8) is 0 Å². The Kier molecular flexibility index (Phi) is 11.5. The summed E-state index contributed by atoms with van der Waals surface area (Å²) >= 11 is 0. The number of carbonyl (C=O) groups excluding carboxylic acids is 1. The topological polar surface area (TPSA) is 41.5 Å². The lowest BCUT2D eigenvalue weighted by Crippen LogP contribution is -2.54. The Morgan fingerprint density at radius 3 is 2.48 bits per heavy atom. The van der Waals surface area contributed by atoms with Crippen molar-refractivity contribution >= 4 is 11.7 Å². The van der Waals surface area contributed by atoms with Gasteiger partial charge in [-0.1, -0.05) is 38.3 Å². The van der Waals surface area contributed by atoms with Gasteiger partial charge in [-0.15, -0.1) is 0 Å². The van der Waals surface area contributed by atoms with Crippen molar-refractivity contribution < 1.29 is 9.28 Å². The van der Waals surface area contributed by atoms with Gasteiger partial charge in [0.05, 0.1) is 19.6 Å². The molecule has 4 heteroatoms. The predicted molar refractivity (Wildman–Crippen MR) is 108 cm³/mol. The number of nitrogens with zero attached hydrogens (tertiary/aromatic N) is 2. The molecule has 1 atom stereocenters. The zero-order valence-corrected chi connectivity index (χ0v) is 16.9. The molecule has 1 rings (SSSR count). The maximum Gasteiger partial charge on any atom is 0.217 e. The number of aliphatic imine (C=N–C) groups is 1. The molecule has 0 aliphatic carbocycles. The molecule has 0 bridgehead atoms. The highest BCUT2D eigenvalue weighted by atomic mass is 16.1. The Morgan fingerprint density at radius 1 is 1.12 bits per heavy atom. The monoisotopic (exact) mass is 350 g/mol. The van der Waals surface area contributed by atoms with Crippen LogP contribution in [-0.4, -0.2) is 48.9 Å². The van der Waals surface area contributed by atoms with Gasteiger partial charge in [-0.2, -0.15) is 0 Å². The van der Waals surface area contributed by atoms with E-state index < -0.39 is 0 Å². The zero-order chi connectivity index (χ0) is 18.4. The molecule has 0 aromatic rings. The van der Waals surface area contributed by atoms with E-state index in [-0.39, 0.29) is 5.91 Å². The minimum absolute atomic E-state index is 0.0645. The lowest BCUT2D eigenvalue weighted by Gasteiger charge is -2.33. The fraction of sp³-hybridized carbons (Fsp3) is 0.810. The molecule has 1 aliphatic rings. The number of hydrogen-bond donors (Lipinski definition) is 1. The smallest absolute Gasteiger partial charge is 0.217 e. The molecule has 1 unspecified atom stereocenters. The van der Waals surface area contributed by atoms with Gasteiger partial charge in [-0.25, -0.2) is 4.99 Å². The predicted octanol–water partition coefficient (Wildman–Crippen LogP) is 4.46. The number of amides is 1.